The normalized spacial score (nSPS) is 20.9. The van der Waals surface area contributed by atoms with E-state index >= 15 is 0 Å². The molecular formula is C15H20N2O4. The van der Waals surface area contributed by atoms with Crippen molar-refractivity contribution in [3.63, 3.8) is 0 Å². The van der Waals surface area contributed by atoms with Crippen LogP contribution in [0.1, 0.15) is 36.7 Å². The highest BCUT2D eigenvalue weighted by Crippen LogP contribution is 2.26. The molecule has 0 saturated carbocycles. The number of unbranched alkanes of at least 4 members (excludes halogenated alkanes) is 1. The summed E-state index contributed by atoms with van der Waals surface area (Å²) in [5.41, 5.74) is 0.127. The van der Waals surface area contributed by atoms with Gasteiger partial charge in [0.25, 0.3) is 5.91 Å². The van der Waals surface area contributed by atoms with Crippen LogP contribution in [-0.4, -0.2) is 41.4 Å². The number of carbonyl (C=O) groups is 1. The Kier molecular flexibility index (Phi) is 3.96. The quantitative estimate of drug-likeness (QED) is 0.783. The van der Waals surface area contributed by atoms with Crippen LogP contribution in [0, 0.1) is 0 Å². The number of aromatic nitrogens is 1. The molecule has 1 saturated heterocycles. The van der Waals surface area contributed by atoms with E-state index in [1.807, 2.05) is 0 Å². The number of fused-ring (bicyclic) bond motifs is 2. The minimum atomic E-state index is -0.234. The Labute approximate surface area is 123 Å². The van der Waals surface area contributed by atoms with Crippen molar-refractivity contribution in [1.82, 2.24) is 9.47 Å². The van der Waals surface area contributed by atoms with Crippen molar-refractivity contribution in [1.29, 1.82) is 0 Å². The van der Waals surface area contributed by atoms with Gasteiger partial charge < -0.3 is 18.9 Å². The lowest BCUT2D eigenvalue weighted by Crippen LogP contribution is -2.53. The third-order valence-corrected chi connectivity index (χ3v) is 3.89. The van der Waals surface area contributed by atoms with Gasteiger partial charge in [-0.05, 0) is 12.8 Å². The predicted octanol–water partition coefficient (Wildman–Crippen LogP) is 1.23. The highest BCUT2D eigenvalue weighted by atomic mass is 16.5. The summed E-state index contributed by atoms with van der Waals surface area (Å²) in [6.07, 6.45) is 4.08. The summed E-state index contributed by atoms with van der Waals surface area (Å²) in [5.74, 6) is 0.00937. The molecule has 0 N–H and O–H groups in total. The number of ether oxygens (including phenoxy) is 2. The zero-order valence-corrected chi connectivity index (χ0v) is 12.2. The summed E-state index contributed by atoms with van der Waals surface area (Å²) < 4.78 is 13.0. The predicted molar refractivity (Wildman–Crippen MR) is 76.5 cm³/mol. The van der Waals surface area contributed by atoms with Gasteiger partial charge in [0.1, 0.15) is 0 Å². The van der Waals surface area contributed by atoms with Crippen LogP contribution in [0.4, 0.5) is 0 Å². The van der Waals surface area contributed by atoms with Gasteiger partial charge in [-0.15, -0.1) is 0 Å². The maximum absolute atomic E-state index is 12.7. The molecule has 0 bridgehead atoms. The monoisotopic (exact) mass is 292 g/mol. The molecule has 1 aromatic rings. The molecule has 1 aromatic heterocycles. The van der Waals surface area contributed by atoms with Crippen LogP contribution in [-0.2, 0) is 11.3 Å². The van der Waals surface area contributed by atoms with Crippen LogP contribution < -0.4 is 10.2 Å². The van der Waals surface area contributed by atoms with Gasteiger partial charge in [0, 0.05) is 18.8 Å². The number of nitrogens with zero attached hydrogens (tertiary/aromatic N) is 2. The number of pyridine rings is 1. The summed E-state index contributed by atoms with van der Waals surface area (Å²) in [4.78, 5) is 26.4. The number of rotatable bonds is 4. The van der Waals surface area contributed by atoms with Crippen molar-refractivity contribution in [2.24, 2.45) is 0 Å². The van der Waals surface area contributed by atoms with Crippen molar-refractivity contribution in [2.75, 3.05) is 19.8 Å². The Morgan fingerprint density at radius 3 is 3.10 bits per heavy atom. The highest BCUT2D eigenvalue weighted by Gasteiger charge is 2.37. The van der Waals surface area contributed by atoms with E-state index in [-0.39, 0.29) is 23.3 Å². The fourth-order valence-corrected chi connectivity index (χ4v) is 2.76. The van der Waals surface area contributed by atoms with E-state index in [1.165, 1.54) is 6.07 Å². The molecule has 21 heavy (non-hydrogen) atoms. The molecule has 1 fully saturated rings. The molecule has 2 aliphatic heterocycles. The minimum absolute atomic E-state index is 0.171. The molecule has 1 unspecified atom stereocenters. The largest absolute Gasteiger partial charge is 0.487 e. The van der Waals surface area contributed by atoms with E-state index < -0.39 is 0 Å². The Balaban J connectivity index is 1.96. The van der Waals surface area contributed by atoms with Crippen LogP contribution in [0.3, 0.4) is 0 Å². The summed E-state index contributed by atoms with van der Waals surface area (Å²) in [6, 6.07) is 1.45. The van der Waals surface area contributed by atoms with Crippen LogP contribution in [0.2, 0.25) is 0 Å². The zero-order chi connectivity index (χ0) is 14.8. The van der Waals surface area contributed by atoms with E-state index in [0.717, 1.165) is 19.3 Å². The summed E-state index contributed by atoms with van der Waals surface area (Å²) in [6.45, 7) is 4.39. The van der Waals surface area contributed by atoms with Crippen molar-refractivity contribution in [2.45, 2.75) is 39.0 Å². The Bertz CT molecular complexity index is 596. The summed E-state index contributed by atoms with van der Waals surface area (Å²) in [5, 5.41) is 0. The van der Waals surface area contributed by atoms with Crippen molar-refractivity contribution < 1.29 is 14.3 Å². The van der Waals surface area contributed by atoms with Gasteiger partial charge in [0.05, 0.1) is 19.8 Å². The van der Waals surface area contributed by atoms with Gasteiger partial charge >= 0.3 is 0 Å². The fourth-order valence-electron chi connectivity index (χ4n) is 2.76. The topological polar surface area (TPSA) is 60.8 Å². The van der Waals surface area contributed by atoms with E-state index in [9.17, 15) is 9.59 Å². The molecule has 114 valence electrons. The van der Waals surface area contributed by atoms with Gasteiger partial charge in [0.2, 0.25) is 5.43 Å². The molecule has 6 nitrogen and oxygen atoms in total. The van der Waals surface area contributed by atoms with Gasteiger partial charge in [-0.25, -0.2) is 0 Å². The molecule has 0 radical (unpaired) electrons. The molecule has 0 spiro atoms. The Hall–Kier alpha value is -1.82. The molecule has 3 rings (SSSR count). The second-order valence-corrected chi connectivity index (χ2v) is 5.39. The molecule has 6 heteroatoms. The van der Waals surface area contributed by atoms with Crippen LogP contribution in [0.5, 0.6) is 5.75 Å². The Morgan fingerprint density at radius 1 is 1.43 bits per heavy atom. The van der Waals surface area contributed by atoms with Crippen LogP contribution in [0.15, 0.2) is 17.1 Å². The van der Waals surface area contributed by atoms with Gasteiger partial charge in [-0.3, -0.25) is 9.59 Å². The lowest BCUT2D eigenvalue weighted by molar-refractivity contribution is -0.0920. The lowest BCUT2D eigenvalue weighted by Gasteiger charge is -2.40. The van der Waals surface area contributed by atoms with Crippen molar-refractivity contribution >= 4 is 5.91 Å². The summed E-state index contributed by atoms with van der Waals surface area (Å²) in [7, 11) is 0. The number of carbonyl (C=O) groups excluding carboxylic acids is 1. The second-order valence-electron chi connectivity index (χ2n) is 5.39. The third-order valence-electron chi connectivity index (χ3n) is 3.89. The van der Waals surface area contributed by atoms with E-state index in [4.69, 9.17) is 9.47 Å². The highest BCUT2D eigenvalue weighted by molar-refractivity contribution is 5.96. The number of hydrogen-bond donors (Lipinski definition) is 0. The fraction of sp³-hybridized carbons (Fsp3) is 0.600. The molecule has 1 amide bonds. The van der Waals surface area contributed by atoms with E-state index in [2.05, 4.69) is 6.92 Å². The van der Waals surface area contributed by atoms with Crippen molar-refractivity contribution in [3.8, 4) is 5.75 Å². The summed E-state index contributed by atoms with van der Waals surface area (Å²) >= 11 is 0. The average molecular weight is 292 g/mol. The van der Waals surface area contributed by atoms with Gasteiger partial charge in [-0.2, -0.15) is 0 Å². The first kappa shape index (κ1) is 14.1. The SMILES string of the molecule is CCCCOc1c2n(ccc1=O)CC1OCCCN1C2=O. The van der Waals surface area contributed by atoms with Crippen LogP contribution >= 0.6 is 0 Å². The first-order chi connectivity index (χ1) is 10.2. The first-order valence-electron chi connectivity index (χ1n) is 7.51. The molecule has 0 aliphatic carbocycles. The lowest BCUT2D eigenvalue weighted by atomic mass is 10.1. The smallest absolute Gasteiger partial charge is 0.276 e. The number of hydrogen-bond acceptors (Lipinski definition) is 4. The number of amides is 1. The maximum Gasteiger partial charge on any atom is 0.276 e. The standard InChI is InChI=1S/C15H20N2O4/c1-2-3-8-21-14-11(18)5-7-16-10-12-17(6-4-9-20-12)15(19)13(14)16/h5,7,12H,2-4,6,8-10H2,1H3. The van der Waals surface area contributed by atoms with Gasteiger partial charge in [0.15, 0.2) is 17.7 Å². The molecule has 1 atom stereocenters. The second kappa shape index (κ2) is 5.89. The zero-order valence-electron chi connectivity index (χ0n) is 12.2. The molecule has 3 heterocycles. The molecular weight excluding hydrogens is 272 g/mol. The third kappa shape index (κ3) is 2.55. The molecule has 2 aliphatic rings. The van der Waals surface area contributed by atoms with Crippen molar-refractivity contribution in [3.05, 3.63) is 28.2 Å². The van der Waals surface area contributed by atoms with E-state index in [0.29, 0.717) is 32.0 Å². The van der Waals surface area contributed by atoms with Crippen LogP contribution in [0.25, 0.3) is 0 Å². The average Bonchev–Trinajstić information content (AvgIpc) is 2.50. The Morgan fingerprint density at radius 2 is 2.29 bits per heavy atom. The maximum atomic E-state index is 12.7. The van der Waals surface area contributed by atoms with Gasteiger partial charge in [-0.1, -0.05) is 13.3 Å². The minimum Gasteiger partial charge on any atom is -0.487 e. The molecule has 0 aromatic carbocycles. The van der Waals surface area contributed by atoms with E-state index in [1.54, 1.807) is 15.7 Å². The first-order valence-corrected chi connectivity index (χ1v) is 7.51.